The summed E-state index contributed by atoms with van der Waals surface area (Å²) in [7, 11) is 1.70. The number of aliphatic carboxylic acids is 1. The van der Waals surface area contributed by atoms with Gasteiger partial charge in [0, 0.05) is 37.3 Å². The molecule has 1 aliphatic heterocycles. The summed E-state index contributed by atoms with van der Waals surface area (Å²) in [4.78, 5) is 21.4. The van der Waals surface area contributed by atoms with Gasteiger partial charge in [0.25, 0.3) is 0 Å². The molecule has 0 aliphatic carbocycles. The molecule has 0 unspecified atom stereocenters. The fraction of sp³-hybridized carbons (Fsp3) is 0.316. The van der Waals surface area contributed by atoms with Crippen molar-refractivity contribution >= 4 is 17.9 Å². The van der Waals surface area contributed by atoms with Crippen molar-refractivity contribution in [3.05, 3.63) is 54.0 Å². The van der Waals surface area contributed by atoms with Crippen LogP contribution in [0.1, 0.15) is 17.7 Å². The molecule has 1 aromatic heterocycles. The fourth-order valence-corrected chi connectivity index (χ4v) is 3.03. The van der Waals surface area contributed by atoms with Gasteiger partial charge in [0.1, 0.15) is 11.6 Å². The SMILES string of the molecule is COc1ccccc1CN1CC[C@@H](Nc2cnc(C=CC(=O)O)cn2)C1. The first kappa shape index (κ1) is 17.9. The Bertz CT molecular complexity index is 777. The quantitative estimate of drug-likeness (QED) is 0.738. The van der Waals surface area contributed by atoms with Gasteiger partial charge in [0.15, 0.2) is 0 Å². The highest BCUT2D eigenvalue weighted by Gasteiger charge is 2.23. The molecule has 7 heteroatoms. The van der Waals surface area contributed by atoms with Crippen molar-refractivity contribution in [2.45, 2.75) is 19.0 Å². The zero-order chi connectivity index (χ0) is 18.4. The third-order valence-corrected chi connectivity index (χ3v) is 4.28. The van der Waals surface area contributed by atoms with Crippen molar-refractivity contribution in [2.24, 2.45) is 0 Å². The van der Waals surface area contributed by atoms with Crippen LogP contribution in [0.5, 0.6) is 5.75 Å². The molecule has 0 spiro atoms. The first-order valence-electron chi connectivity index (χ1n) is 8.48. The highest BCUT2D eigenvalue weighted by Crippen LogP contribution is 2.22. The minimum Gasteiger partial charge on any atom is -0.496 e. The Kier molecular flexibility index (Phi) is 5.80. The molecule has 3 rings (SSSR count). The van der Waals surface area contributed by atoms with Crippen LogP contribution in [-0.4, -0.2) is 52.2 Å². The summed E-state index contributed by atoms with van der Waals surface area (Å²) in [5, 5.41) is 12.0. The number of hydrogen-bond donors (Lipinski definition) is 2. The molecular formula is C19H22N4O3. The number of rotatable bonds is 7. The molecule has 26 heavy (non-hydrogen) atoms. The zero-order valence-corrected chi connectivity index (χ0v) is 14.6. The van der Waals surface area contributed by atoms with Gasteiger partial charge >= 0.3 is 5.97 Å². The Hall–Kier alpha value is -2.93. The average Bonchev–Trinajstić information content (AvgIpc) is 3.08. The summed E-state index contributed by atoms with van der Waals surface area (Å²) in [6.07, 6.45) is 6.68. The molecular weight excluding hydrogens is 332 g/mol. The first-order chi connectivity index (χ1) is 12.6. The van der Waals surface area contributed by atoms with Crippen molar-refractivity contribution in [3.63, 3.8) is 0 Å². The van der Waals surface area contributed by atoms with Crippen molar-refractivity contribution in [1.82, 2.24) is 14.9 Å². The van der Waals surface area contributed by atoms with Crippen molar-refractivity contribution in [2.75, 3.05) is 25.5 Å². The van der Waals surface area contributed by atoms with Gasteiger partial charge < -0.3 is 15.2 Å². The van der Waals surface area contributed by atoms with E-state index in [-0.39, 0.29) is 0 Å². The zero-order valence-electron chi connectivity index (χ0n) is 14.6. The maximum Gasteiger partial charge on any atom is 0.328 e. The average molecular weight is 354 g/mol. The maximum atomic E-state index is 10.5. The molecule has 1 saturated heterocycles. The Balaban J connectivity index is 1.53. The predicted molar refractivity (Wildman–Crippen MR) is 99.0 cm³/mol. The molecule has 2 aromatic rings. The number of benzene rings is 1. The van der Waals surface area contributed by atoms with Gasteiger partial charge in [-0.2, -0.15) is 0 Å². The van der Waals surface area contributed by atoms with E-state index in [1.165, 1.54) is 11.6 Å². The van der Waals surface area contributed by atoms with E-state index in [0.717, 1.165) is 37.9 Å². The Morgan fingerprint density at radius 1 is 1.38 bits per heavy atom. The van der Waals surface area contributed by atoms with Crippen LogP contribution >= 0.6 is 0 Å². The minimum atomic E-state index is -1.00. The van der Waals surface area contributed by atoms with E-state index in [9.17, 15) is 4.79 Å². The van der Waals surface area contributed by atoms with Gasteiger partial charge in [-0.05, 0) is 18.6 Å². The number of likely N-dealkylation sites (tertiary alicyclic amines) is 1. The molecule has 7 nitrogen and oxygen atoms in total. The van der Waals surface area contributed by atoms with E-state index in [4.69, 9.17) is 9.84 Å². The van der Waals surface area contributed by atoms with Crippen LogP contribution < -0.4 is 10.1 Å². The van der Waals surface area contributed by atoms with Gasteiger partial charge in [-0.15, -0.1) is 0 Å². The monoisotopic (exact) mass is 354 g/mol. The number of carboxylic acid groups (broad SMARTS) is 1. The lowest BCUT2D eigenvalue weighted by Crippen LogP contribution is -2.26. The van der Waals surface area contributed by atoms with E-state index >= 15 is 0 Å². The summed E-state index contributed by atoms with van der Waals surface area (Å²) < 4.78 is 5.42. The van der Waals surface area contributed by atoms with Crippen LogP contribution in [0, 0.1) is 0 Å². The number of carboxylic acids is 1. The minimum absolute atomic E-state index is 0.305. The van der Waals surface area contributed by atoms with E-state index in [1.807, 2.05) is 18.2 Å². The third kappa shape index (κ3) is 4.80. The number of nitrogens with one attached hydrogen (secondary N) is 1. The molecule has 136 valence electrons. The number of para-hydroxylation sites is 1. The maximum absolute atomic E-state index is 10.5. The van der Waals surface area contributed by atoms with E-state index in [2.05, 4.69) is 26.3 Å². The molecule has 1 atom stereocenters. The molecule has 2 heterocycles. The molecule has 0 bridgehead atoms. The summed E-state index contributed by atoms with van der Waals surface area (Å²) in [5.41, 5.74) is 1.70. The highest BCUT2D eigenvalue weighted by molar-refractivity contribution is 5.84. The van der Waals surface area contributed by atoms with Crippen LogP contribution in [-0.2, 0) is 11.3 Å². The fourth-order valence-electron chi connectivity index (χ4n) is 3.03. The smallest absolute Gasteiger partial charge is 0.328 e. The molecule has 0 radical (unpaired) electrons. The van der Waals surface area contributed by atoms with Gasteiger partial charge in [-0.3, -0.25) is 9.88 Å². The summed E-state index contributed by atoms with van der Waals surface area (Å²) in [5.74, 6) is 0.608. The second-order valence-corrected chi connectivity index (χ2v) is 6.17. The van der Waals surface area contributed by atoms with Crippen LogP contribution in [0.2, 0.25) is 0 Å². The van der Waals surface area contributed by atoms with Crippen LogP contribution in [0.15, 0.2) is 42.7 Å². The lowest BCUT2D eigenvalue weighted by molar-refractivity contribution is -0.131. The molecule has 1 aromatic carbocycles. The highest BCUT2D eigenvalue weighted by atomic mass is 16.5. The standard InChI is InChI=1S/C19H22N4O3/c1-26-17-5-3-2-4-14(17)12-23-9-8-16(13-23)22-18-11-20-15(10-21-18)6-7-19(24)25/h2-7,10-11,16H,8-9,12-13H2,1H3,(H,21,22)(H,24,25)/t16-/m1/s1. The van der Waals surface area contributed by atoms with Gasteiger partial charge in [-0.1, -0.05) is 18.2 Å². The Morgan fingerprint density at radius 2 is 2.23 bits per heavy atom. The molecule has 2 N–H and O–H groups in total. The normalized spacial score (nSPS) is 17.5. The lowest BCUT2D eigenvalue weighted by Gasteiger charge is -2.18. The summed E-state index contributed by atoms with van der Waals surface area (Å²) >= 11 is 0. The second kappa shape index (κ2) is 8.44. The number of carbonyl (C=O) groups is 1. The van der Waals surface area contributed by atoms with Crippen LogP contribution in [0.25, 0.3) is 6.08 Å². The second-order valence-electron chi connectivity index (χ2n) is 6.17. The Morgan fingerprint density at radius 3 is 2.96 bits per heavy atom. The third-order valence-electron chi connectivity index (χ3n) is 4.28. The summed E-state index contributed by atoms with van der Waals surface area (Å²) in [6.45, 7) is 2.77. The molecule has 0 amide bonds. The van der Waals surface area contributed by atoms with Crippen LogP contribution in [0.4, 0.5) is 5.82 Å². The molecule has 0 saturated carbocycles. The van der Waals surface area contributed by atoms with E-state index in [1.54, 1.807) is 19.5 Å². The first-order valence-corrected chi connectivity index (χ1v) is 8.48. The number of anilines is 1. The number of hydrogen-bond acceptors (Lipinski definition) is 6. The molecule has 1 fully saturated rings. The van der Waals surface area contributed by atoms with Gasteiger partial charge in [0.05, 0.1) is 25.2 Å². The number of ether oxygens (including phenoxy) is 1. The topological polar surface area (TPSA) is 87.6 Å². The van der Waals surface area contributed by atoms with Crippen LogP contribution in [0.3, 0.4) is 0 Å². The van der Waals surface area contributed by atoms with Gasteiger partial charge in [-0.25, -0.2) is 9.78 Å². The largest absolute Gasteiger partial charge is 0.496 e. The van der Waals surface area contributed by atoms with Gasteiger partial charge in [0.2, 0.25) is 0 Å². The Labute approximate surface area is 152 Å². The van der Waals surface area contributed by atoms with Crippen molar-refractivity contribution in [1.29, 1.82) is 0 Å². The van der Waals surface area contributed by atoms with Crippen molar-refractivity contribution < 1.29 is 14.6 Å². The molecule has 1 aliphatic rings. The number of aromatic nitrogens is 2. The summed E-state index contributed by atoms with van der Waals surface area (Å²) in [6, 6.07) is 8.38. The lowest BCUT2D eigenvalue weighted by atomic mass is 10.2. The number of nitrogens with zero attached hydrogens (tertiary/aromatic N) is 3. The van der Waals surface area contributed by atoms with Crippen molar-refractivity contribution in [3.8, 4) is 5.75 Å². The number of methoxy groups -OCH3 is 1. The van der Waals surface area contributed by atoms with E-state index < -0.39 is 5.97 Å². The predicted octanol–water partition coefficient (Wildman–Crippen LogP) is 2.27. The van der Waals surface area contributed by atoms with E-state index in [0.29, 0.717) is 17.6 Å².